The second-order valence-corrected chi connectivity index (χ2v) is 11.6. The molecule has 0 aromatic heterocycles. The van der Waals surface area contributed by atoms with Gasteiger partial charge in [-0.15, -0.1) is 0 Å². The molecule has 0 aliphatic carbocycles. The van der Waals surface area contributed by atoms with E-state index in [1.54, 1.807) is 48.5 Å². The van der Waals surface area contributed by atoms with E-state index in [4.69, 9.17) is 9.47 Å². The van der Waals surface area contributed by atoms with Crippen LogP contribution in [-0.2, 0) is 0 Å². The summed E-state index contributed by atoms with van der Waals surface area (Å²) >= 11 is 0. The van der Waals surface area contributed by atoms with E-state index in [0.29, 0.717) is 22.9 Å². The van der Waals surface area contributed by atoms with Gasteiger partial charge in [-0.1, -0.05) is 84.9 Å². The monoisotopic (exact) mass is 678 g/mol. The van der Waals surface area contributed by atoms with Crippen molar-refractivity contribution in [2.45, 2.75) is 0 Å². The number of esters is 2. The predicted octanol–water partition coefficient (Wildman–Crippen LogP) is 12.3. The van der Waals surface area contributed by atoms with Crippen LogP contribution in [0, 0.1) is 0 Å². The van der Waals surface area contributed by atoms with E-state index in [9.17, 15) is 9.59 Å². The molecule has 0 unspecified atom stereocenters. The third-order valence-electron chi connectivity index (χ3n) is 7.96. The number of hydrogen-bond acceptors (Lipinski definition) is 8. The van der Waals surface area contributed by atoms with Gasteiger partial charge in [-0.2, -0.15) is 20.5 Å². The normalized spacial score (nSPS) is 11.1. The predicted molar refractivity (Wildman–Crippen MR) is 201 cm³/mol. The quantitative estimate of drug-likeness (QED) is 0.0816. The Bertz CT molecular complexity index is 2150. The van der Waals surface area contributed by atoms with Gasteiger partial charge in [0.25, 0.3) is 0 Å². The number of hydrogen-bond donors (Lipinski definition) is 0. The Morgan fingerprint density at radius 3 is 0.885 bits per heavy atom. The highest BCUT2D eigenvalue weighted by molar-refractivity contribution is 5.95. The van der Waals surface area contributed by atoms with Crippen molar-refractivity contribution in [3.63, 3.8) is 0 Å². The van der Waals surface area contributed by atoms with Gasteiger partial charge in [-0.3, -0.25) is 0 Å². The van der Waals surface area contributed by atoms with E-state index in [2.05, 4.69) is 44.7 Å². The molecule has 0 fully saturated rings. The van der Waals surface area contributed by atoms with E-state index in [-0.39, 0.29) is 11.1 Å². The fourth-order valence-corrected chi connectivity index (χ4v) is 5.17. The second kappa shape index (κ2) is 15.9. The van der Waals surface area contributed by atoms with Crippen LogP contribution in [0.5, 0.6) is 11.5 Å². The summed E-state index contributed by atoms with van der Waals surface area (Å²) in [5, 5.41) is 17.2. The third-order valence-corrected chi connectivity index (χ3v) is 7.96. The van der Waals surface area contributed by atoms with Crippen molar-refractivity contribution >= 4 is 34.7 Å². The molecule has 0 saturated carbocycles. The molecule has 0 amide bonds. The molecule has 7 aromatic carbocycles. The maximum atomic E-state index is 12.8. The molecule has 7 rings (SSSR count). The van der Waals surface area contributed by atoms with Gasteiger partial charge in [0.15, 0.2) is 0 Å². The average Bonchev–Trinajstić information content (AvgIpc) is 3.21. The van der Waals surface area contributed by atoms with Crippen molar-refractivity contribution in [2.75, 3.05) is 0 Å². The summed E-state index contributed by atoms with van der Waals surface area (Å²) < 4.78 is 11.0. The molecule has 0 aliphatic heterocycles. The summed E-state index contributed by atoms with van der Waals surface area (Å²) in [6, 6.07) is 55.4. The fourth-order valence-electron chi connectivity index (χ4n) is 5.17. The van der Waals surface area contributed by atoms with Crippen molar-refractivity contribution in [3.8, 4) is 33.8 Å². The molecule has 0 atom stereocenters. The summed E-state index contributed by atoms with van der Waals surface area (Å²) in [5.74, 6) is -0.429. The van der Waals surface area contributed by atoms with Crippen molar-refractivity contribution < 1.29 is 19.1 Å². The van der Waals surface area contributed by atoms with Crippen LogP contribution in [0.2, 0.25) is 0 Å². The molecule has 0 radical (unpaired) electrons. The van der Waals surface area contributed by atoms with Crippen LogP contribution in [0.3, 0.4) is 0 Å². The minimum atomic E-state index is -0.565. The van der Waals surface area contributed by atoms with Crippen molar-refractivity contribution in [2.24, 2.45) is 20.5 Å². The maximum absolute atomic E-state index is 12.8. The standard InChI is InChI=1S/C44H30N4O4/c49-43(51-41-27-23-39(24-28-41)47-45-37-19-15-33(16-20-37)31-7-3-1-4-8-31)35-11-13-36(14-12-35)44(50)52-42-29-25-40(26-30-42)48-46-38-21-17-34(18-22-38)32-9-5-2-6-10-32/h1-30H/b47-45+,48-46+. The largest absolute Gasteiger partial charge is 0.423 e. The molecule has 0 aliphatic rings. The van der Waals surface area contributed by atoms with Gasteiger partial charge in [0.2, 0.25) is 0 Å². The average molecular weight is 679 g/mol. The van der Waals surface area contributed by atoms with E-state index in [1.807, 2.05) is 84.9 Å². The van der Waals surface area contributed by atoms with Crippen LogP contribution in [0.25, 0.3) is 22.3 Å². The van der Waals surface area contributed by atoms with E-state index in [0.717, 1.165) is 33.6 Å². The Labute approximate surface area is 300 Å². The first kappa shape index (κ1) is 33.2. The number of carbonyl (C=O) groups excluding carboxylic acids is 2. The molecule has 0 spiro atoms. The van der Waals surface area contributed by atoms with Gasteiger partial charge in [-0.25, -0.2) is 9.59 Å². The molecule has 8 heteroatoms. The van der Waals surface area contributed by atoms with Crippen molar-refractivity contribution in [1.82, 2.24) is 0 Å². The van der Waals surface area contributed by atoms with E-state index >= 15 is 0 Å². The van der Waals surface area contributed by atoms with Gasteiger partial charge in [0.1, 0.15) is 11.5 Å². The Morgan fingerprint density at radius 1 is 0.308 bits per heavy atom. The number of ether oxygens (including phenoxy) is 2. The molecule has 0 bridgehead atoms. The Balaban J connectivity index is 0.886. The second-order valence-electron chi connectivity index (χ2n) is 11.6. The van der Waals surface area contributed by atoms with Gasteiger partial charge < -0.3 is 9.47 Å². The number of carbonyl (C=O) groups is 2. The Hall–Kier alpha value is -7.32. The lowest BCUT2D eigenvalue weighted by Crippen LogP contribution is -2.11. The van der Waals surface area contributed by atoms with E-state index < -0.39 is 11.9 Å². The molecular formula is C44H30N4O4. The van der Waals surface area contributed by atoms with Gasteiger partial charge in [0, 0.05) is 0 Å². The molecular weight excluding hydrogens is 649 g/mol. The topological polar surface area (TPSA) is 102 Å². The molecule has 7 aromatic rings. The zero-order valence-electron chi connectivity index (χ0n) is 27.7. The van der Waals surface area contributed by atoms with Crippen LogP contribution in [0.15, 0.2) is 202 Å². The van der Waals surface area contributed by atoms with Crippen LogP contribution >= 0.6 is 0 Å². The molecule has 0 N–H and O–H groups in total. The highest BCUT2D eigenvalue weighted by Gasteiger charge is 2.13. The summed E-state index contributed by atoms with van der Waals surface area (Å²) in [5.41, 5.74) is 7.70. The maximum Gasteiger partial charge on any atom is 0.343 e. The zero-order chi connectivity index (χ0) is 35.5. The lowest BCUT2D eigenvalue weighted by atomic mass is 10.1. The Morgan fingerprint density at radius 2 is 0.577 bits per heavy atom. The minimum absolute atomic E-state index is 0.281. The zero-order valence-corrected chi connectivity index (χ0v) is 27.7. The Kier molecular flexibility index (Phi) is 10.2. The summed E-state index contributed by atoms with van der Waals surface area (Å²) in [7, 11) is 0. The number of benzene rings is 7. The number of nitrogens with zero attached hydrogens (tertiary/aromatic N) is 4. The number of rotatable bonds is 10. The first-order valence-corrected chi connectivity index (χ1v) is 16.4. The number of azo groups is 2. The lowest BCUT2D eigenvalue weighted by Gasteiger charge is -2.07. The highest BCUT2D eigenvalue weighted by atomic mass is 16.5. The molecule has 8 nitrogen and oxygen atoms in total. The van der Waals surface area contributed by atoms with Crippen molar-refractivity contribution in [1.29, 1.82) is 0 Å². The lowest BCUT2D eigenvalue weighted by molar-refractivity contribution is 0.0720. The smallest absolute Gasteiger partial charge is 0.343 e. The van der Waals surface area contributed by atoms with E-state index in [1.165, 1.54) is 24.3 Å². The molecule has 0 saturated heterocycles. The first-order chi connectivity index (χ1) is 25.6. The van der Waals surface area contributed by atoms with Crippen LogP contribution in [-0.4, -0.2) is 11.9 Å². The summed E-state index contributed by atoms with van der Waals surface area (Å²) in [4.78, 5) is 25.5. The minimum Gasteiger partial charge on any atom is -0.423 e. The van der Waals surface area contributed by atoms with Crippen LogP contribution in [0.4, 0.5) is 22.7 Å². The summed E-state index contributed by atoms with van der Waals surface area (Å²) in [6.45, 7) is 0. The van der Waals surface area contributed by atoms with Gasteiger partial charge in [-0.05, 0) is 119 Å². The molecule has 52 heavy (non-hydrogen) atoms. The fraction of sp³-hybridized carbons (Fsp3) is 0. The SMILES string of the molecule is O=C(Oc1ccc(/N=N/c2ccc(-c3ccccc3)cc2)cc1)c1ccc(C(=O)Oc2ccc(/N=N/c3ccc(-c4ccccc4)cc3)cc2)cc1. The molecule has 250 valence electrons. The third kappa shape index (κ3) is 8.63. The summed E-state index contributed by atoms with van der Waals surface area (Å²) in [6.07, 6.45) is 0. The first-order valence-electron chi connectivity index (χ1n) is 16.4. The van der Waals surface area contributed by atoms with Crippen molar-refractivity contribution in [3.05, 3.63) is 193 Å². The van der Waals surface area contributed by atoms with Crippen LogP contribution in [0.1, 0.15) is 20.7 Å². The van der Waals surface area contributed by atoms with Gasteiger partial charge in [0.05, 0.1) is 33.9 Å². The van der Waals surface area contributed by atoms with Crippen LogP contribution < -0.4 is 9.47 Å². The van der Waals surface area contributed by atoms with Gasteiger partial charge >= 0.3 is 11.9 Å². The molecule has 0 heterocycles. The highest BCUT2D eigenvalue weighted by Crippen LogP contribution is 2.27.